The predicted octanol–water partition coefficient (Wildman–Crippen LogP) is 6.55. The van der Waals surface area contributed by atoms with Gasteiger partial charge in [-0.1, -0.05) is 60.1 Å². The van der Waals surface area contributed by atoms with Crippen LogP contribution in [0.3, 0.4) is 0 Å². The van der Waals surface area contributed by atoms with Crippen molar-refractivity contribution < 1.29 is 22.8 Å². The van der Waals surface area contributed by atoms with Crippen LogP contribution in [0.5, 0.6) is 0 Å². The fraction of sp³-hybridized carbons (Fsp3) is 0.129. The molecular weight excluding hydrogens is 582 g/mol. The van der Waals surface area contributed by atoms with Crippen LogP contribution in [-0.4, -0.2) is 33.9 Å². The number of rotatable bonds is 7. The van der Waals surface area contributed by atoms with Gasteiger partial charge in [0.25, 0.3) is 0 Å². The molecule has 0 aliphatic carbocycles. The summed E-state index contributed by atoms with van der Waals surface area (Å²) in [5.41, 5.74) is 2.35. The standard InChI is InChI=1S/C31H23ClF2N4O3S/c32-23-10-4-5-11-25(23)38-31-28(29(36-38)19-7-2-1-3-8-19)30(22-13-12-20(33)15-24(22)34)42-18-27(40)37(31)17-26(39)35-16-21-9-6-14-41-21/h1-15,30H,16-18H2,(H,35,39). The lowest BCUT2D eigenvalue weighted by Gasteiger charge is -2.23. The second-order valence-corrected chi connectivity index (χ2v) is 11.0. The van der Waals surface area contributed by atoms with Crippen LogP contribution in [0, 0.1) is 11.6 Å². The van der Waals surface area contributed by atoms with E-state index in [4.69, 9.17) is 21.1 Å². The molecule has 7 nitrogen and oxygen atoms in total. The SMILES string of the molecule is O=C(CN1C(=O)CSC(c2ccc(F)cc2F)c2c(-c3ccccc3)nn(-c3ccccc3Cl)c21)NCc1ccco1. The molecule has 0 saturated heterocycles. The van der Waals surface area contributed by atoms with Crippen LogP contribution < -0.4 is 10.2 Å². The lowest BCUT2D eigenvalue weighted by molar-refractivity contribution is -0.123. The highest BCUT2D eigenvalue weighted by Gasteiger charge is 2.38. The Morgan fingerprint density at radius 3 is 2.57 bits per heavy atom. The van der Waals surface area contributed by atoms with E-state index in [9.17, 15) is 14.0 Å². The molecule has 3 aromatic carbocycles. The third-order valence-corrected chi connectivity index (χ3v) is 8.36. The molecule has 6 rings (SSSR count). The molecule has 2 aromatic heterocycles. The number of carbonyl (C=O) groups excluding carboxylic acids is 2. The van der Waals surface area contributed by atoms with Gasteiger partial charge < -0.3 is 9.73 Å². The van der Waals surface area contributed by atoms with E-state index < -0.39 is 22.8 Å². The quantitative estimate of drug-likeness (QED) is 0.228. The molecule has 2 amide bonds. The molecule has 0 bridgehead atoms. The maximum atomic E-state index is 15.4. The number of hydrogen-bond acceptors (Lipinski definition) is 5. The average molecular weight is 605 g/mol. The minimum Gasteiger partial charge on any atom is -0.467 e. The van der Waals surface area contributed by atoms with Crippen molar-refractivity contribution in [1.82, 2.24) is 15.1 Å². The van der Waals surface area contributed by atoms with Gasteiger partial charge in [-0.3, -0.25) is 14.5 Å². The van der Waals surface area contributed by atoms with Gasteiger partial charge in [0.15, 0.2) is 0 Å². The molecule has 212 valence electrons. The Bertz CT molecular complexity index is 1760. The van der Waals surface area contributed by atoms with E-state index >= 15 is 4.39 Å². The van der Waals surface area contributed by atoms with E-state index in [1.807, 2.05) is 30.3 Å². The van der Waals surface area contributed by atoms with Gasteiger partial charge in [0.2, 0.25) is 11.8 Å². The minimum absolute atomic E-state index is 0.0711. The summed E-state index contributed by atoms with van der Waals surface area (Å²) in [6.07, 6.45) is 1.51. The fourth-order valence-electron chi connectivity index (χ4n) is 4.88. The van der Waals surface area contributed by atoms with Crippen molar-refractivity contribution in [3.8, 4) is 16.9 Å². The van der Waals surface area contributed by atoms with Crippen LogP contribution in [0.15, 0.2) is 95.6 Å². The number of halogens is 3. The third kappa shape index (κ3) is 5.43. The van der Waals surface area contributed by atoms with Crippen molar-refractivity contribution in [2.24, 2.45) is 0 Å². The Morgan fingerprint density at radius 2 is 1.83 bits per heavy atom. The first-order valence-corrected chi connectivity index (χ1v) is 14.4. The summed E-state index contributed by atoms with van der Waals surface area (Å²) in [6, 6.07) is 23.1. The summed E-state index contributed by atoms with van der Waals surface area (Å²) in [4.78, 5) is 28.3. The van der Waals surface area contributed by atoms with Crippen LogP contribution in [0.1, 0.15) is 22.1 Å². The van der Waals surface area contributed by atoms with E-state index in [2.05, 4.69) is 5.32 Å². The normalized spacial score (nSPS) is 14.9. The summed E-state index contributed by atoms with van der Waals surface area (Å²) in [6.45, 7) is -0.200. The molecule has 3 heterocycles. The van der Waals surface area contributed by atoms with Crippen LogP contribution in [-0.2, 0) is 16.1 Å². The summed E-state index contributed by atoms with van der Waals surface area (Å²) in [5.74, 6) is -1.52. The lowest BCUT2D eigenvalue weighted by atomic mass is 9.99. The number of amides is 2. The number of fused-ring (bicyclic) bond motifs is 1. The number of carbonyl (C=O) groups is 2. The molecule has 42 heavy (non-hydrogen) atoms. The summed E-state index contributed by atoms with van der Waals surface area (Å²) in [5, 5.41) is 7.30. The van der Waals surface area contributed by atoms with Gasteiger partial charge in [0.05, 0.1) is 40.2 Å². The molecule has 1 aliphatic heterocycles. The Balaban J connectivity index is 1.56. The molecule has 5 aromatic rings. The summed E-state index contributed by atoms with van der Waals surface area (Å²) < 4.78 is 36.1. The van der Waals surface area contributed by atoms with Gasteiger partial charge in [-0.25, -0.2) is 13.5 Å². The molecule has 1 aliphatic rings. The van der Waals surface area contributed by atoms with E-state index in [1.165, 1.54) is 39.7 Å². The number of hydrogen-bond donors (Lipinski definition) is 1. The molecule has 0 saturated carbocycles. The van der Waals surface area contributed by atoms with Crippen molar-refractivity contribution in [3.05, 3.63) is 125 Å². The zero-order valence-corrected chi connectivity index (χ0v) is 23.5. The van der Waals surface area contributed by atoms with E-state index in [1.54, 1.807) is 36.4 Å². The Morgan fingerprint density at radius 1 is 1.05 bits per heavy atom. The number of benzene rings is 3. The van der Waals surface area contributed by atoms with Crippen molar-refractivity contribution >= 4 is 41.0 Å². The van der Waals surface area contributed by atoms with Crippen molar-refractivity contribution in [2.75, 3.05) is 17.2 Å². The zero-order chi connectivity index (χ0) is 29.2. The minimum atomic E-state index is -0.757. The highest BCUT2D eigenvalue weighted by molar-refractivity contribution is 8.00. The zero-order valence-electron chi connectivity index (χ0n) is 22.0. The van der Waals surface area contributed by atoms with Gasteiger partial charge in [0, 0.05) is 22.8 Å². The van der Waals surface area contributed by atoms with E-state index in [0.717, 1.165) is 6.07 Å². The first kappa shape index (κ1) is 27.7. The third-order valence-electron chi connectivity index (χ3n) is 6.80. The predicted molar refractivity (Wildman–Crippen MR) is 158 cm³/mol. The van der Waals surface area contributed by atoms with Crippen molar-refractivity contribution in [3.63, 3.8) is 0 Å². The molecule has 1 N–H and O–H groups in total. The lowest BCUT2D eigenvalue weighted by Crippen LogP contribution is -2.42. The maximum absolute atomic E-state index is 15.4. The Hall–Kier alpha value is -4.41. The largest absolute Gasteiger partial charge is 0.467 e. The van der Waals surface area contributed by atoms with Crippen molar-refractivity contribution in [2.45, 2.75) is 11.8 Å². The Kier molecular flexibility index (Phi) is 7.82. The number of anilines is 1. The highest BCUT2D eigenvalue weighted by Crippen LogP contribution is 2.49. The molecule has 0 radical (unpaired) electrons. The smallest absolute Gasteiger partial charge is 0.240 e. The summed E-state index contributed by atoms with van der Waals surface area (Å²) in [7, 11) is 0. The van der Waals surface area contributed by atoms with E-state index in [0.29, 0.717) is 33.3 Å². The van der Waals surface area contributed by atoms with Gasteiger partial charge in [-0.15, -0.1) is 11.8 Å². The number of nitrogens with zero attached hydrogens (tertiary/aromatic N) is 3. The first-order chi connectivity index (χ1) is 20.4. The van der Waals surface area contributed by atoms with Crippen molar-refractivity contribution in [1.29, 1.82) is 0 Å². The van der Waals surface area contributed by atoms with Crippen LogP contribution >= 0.6 is 23.4 Å². The molecular formula is C31H23ClF2N4O3S. The van der Waals surface area contributed by atoms with Gasteiger partial charge in [0.1, 0.15) is 29.8 Å². The fourth-order valence-corrected chi connectivity index (χ4v) is 6.31. The van der Waals surface area contributed by atoms with Gasteiger partial charge >= 0.3 is 0 Å². The van der Waals surface area contributed by atoms with E-state index in [-0.39, 0.29) is 36.1 Å². The van der Waals surface area contributed by atoms with Crippen LogP contribution in [0.4, 0.5) is 14.6 Å². The van der Waals surface area contributed by atoms with Crippen LogP contribution in [0.25, 0.3) is 16.9 Å². The highest BCUT2D eigenvalue weighted by atomic mass is 35.5. The monoisotopic (exact) mass is 604 g/mol. The summed E-state index contributed by atoms with van der Waals surface area (Å²) >= 11 is 7.81. The second-order valence-electron chi connectivity index (χ2n) is 9.51. The number of thioether (sulfide) groups is 1. The molecule has 1 atom stereocenters. The van der Waals surface area contributed by atoms with Crippen LogP contribution in [0.2, 0.25) is 5.02 Å². The average Bonchev–Trinajstić information content (AvgIpc) is 3.62. The van der Waals surface area contributed by atoms with Gasteiger partial charge in [-0.2, -0.15) is 5.10 Å². The second kappa shape index (κ2) is 11.8. The first-order valence-electron chi connectivity index (χ1n) is 13.0. The molecule has 0 spiro atoms. The van der Waals surface area contributed by atoms with Gasteiger partial charge in [-0.05, 0) is 30.3 Å². The number of nitrogens with one attached hydrogen (secondary N) is 1. The number of aromatic nitrogens is 2. The maximum Gasteiger partial charge on any atom is 0.240 e. The number of para-hydroxylation sites is 1. The molecule has 0 fully saturated rings. The molecule has 1 unspecified atom stereocenters. The Labute approximate surface area is 249 Å². The topological polar surface area (TPSA) is 80.4 Å². The number of furan rings is 1. The molecule has 11 heteroatoms.